The molecule has 0 fully saturated rings. The number of amides is 2. The van der Waals surface area contributed by atoms with Crippen LogP contribution in [0.5, 0.6) is 0 Å². The molecule has 0 spiro atoms. The first kappa shape index (κ1) is 24.3. The summed E-state index contributed by atoms with van der Waals surface area (Å²) in [7, 11) is 0. The third kappa shape index (κ3) is 5.72. The van der Waals surface area contributed by atoms with Crippen LogP contribution in [0.1, 0.15) is 51.7 Å². The number of carbonyl (C=O) groups is 3. The molecule has 2 aromatic carbocycles. The first-order valence-electron chi connectivity index (χ1n) is 11.0. The van der Waals surface area contributed by atoms with Crippen LogP contribution in [0.25, 0.3) is 11.1 Å². The lowest BCUT2D eigenvalue weighted by Gasteiger charge is -2.35. The predicted molar refractivity (Wildman–Crippen MR) is 126 cm³/mol. The Morgan fingerprint density at radius 1 is 0.939 bits per heavy atom. The summed E-state index contributed by atoms with van der Waals surface area (Å²) in [5.74, 6) is -1.68. The second kappa shape index (κ2) is 9.25. The Hall–Kier alpha value is -3.35. The molecule has 176 valence electrons. The van der Waals surface area contributed by atoms with Crippen molar-refractivity contribution >= 4 is 18.0 Å². The lowest BCUT2D eigenvalue weighted by molar-refractivity contribution is -0.148. The van der Waals surface area contributed by atoms with E-state index in [1.807, 2.05) is 57.2 Å². The Morgan fingerprint density at radius 3 is 1.94 bits per heavy atom. The molecular weight excluding hydrogens is 420 g/mol. The monoisotopic (exact) mass is 452 g/mol. The molecule has 0 aliphatic heterocycles. The largest absolute Gasteiger partial charge is 0.480 e. The fourth-order valence-electron chi connectivity index (χ4n) is 4.27. The highest BCUT2D eigenvalue weighted by molar-refractivity contribution is 5.91. The summed E-state index contributed by atoms with van der Waals surface area (Å²) in [6.07, 6.45) is -0.721. The number of benzene rings is 2. The highest BCUT2D eigenvalue weighted by Gasteiger charge is 2.37. The number of nitrogens with one attached hydrogen (secondary N) is 1. The van der Waals surface area contributed by atoms with Gasteiger partial charge in [-0.15, -0.1) is 0 Å². The lowest BCUT2D eigenvalue weighted by Crippen LogP contribution is -2.58. The second-order valence-electron chi connectivity index (χ2n) is 10.2. The maximum Gasteiger partial charge on any atom is 0.408 e. The van der Waals surface area contributed by atoms with Crippen molar-refractivity contribution in [2.24, 2.45) is 5.41 Å². The molecule has 1 aliphatic rings. The Kier molecular flexibility index (Phi) is 6.81. The van der Waals surface area contributed by atoms with Gasteiger partial charge in [-0.1, -0.05) is 69.3 Å². The summed E-state index contributed by atoms with van der Waals surface area (Å²) < 4.78 is 5.55. The Labute approximate surface area is 194 Å². The van der Waals surface area contributed by atoms with E-state index >= 15 is 0 Å². The van der Waals surface area contributed by atoms with Gasteiger partial charge < -0.3 is 20.1 Å². The molecule has 0 atom stereocenters. The molecule has 1 aliphatic carbocycles. The van der Waals surface area contributed by atoms with Gasteiger partial charge >= 0.3 is 12.1 Å². The van der Waals surface area contributed by atoms with E-state index in [9.17, 15) is 19.5 Å². The summed E-state index contributed by atoms with van der Waals surface area (Å²) >= 11 is 0. The van der Waals surface area contributed by atoms with E-state index in [0.717, 1.165) is 22.3 Å². The van der Waals surface area contributed by atoms with Gasteiger partial charge in [0.05, 0.1) is 0 Å². The number of carboxylic acids is 1. The standard InChI is InChI=1S/C26H32N2O5/c1-25(2,3)16-28(14-22(29)30)23(31)26(4,5)27-24(32)33-15-21-19-12-8-6-10-17(19)18-11-7-9-13-20(18)21/h6-13,21H,14-16H2,1-5H3,(H,27,32)(H,29,30). The van der Waals surface area contributed by atoms with Crippen LogP contribution >= 0.6 is 0 Å². The number of fused-ring (bicyclic) bond motifs is 3. The van der Waals surface area contributed by atoms with Gasteiger partial charge in [0.15, 0.2) is 0 Å². The minimum absolute atomic E-state index is 0.0913. The van der Waals surface area contributed by atoms with Crippen molar-refractivity contribution in [1.29, 1.82) is 0 Å². The van der Waals surface area contributed by atoms with Crippen molar-refractivity contribution in [2.45, 2.75) is 46.1 Å². The molecule has 3 rings (SSSR count). The molecule has 2 aromatic rings. The molecule has 0 aromatic heterocycles. The van der Waals surface area contributed by atoms with Crippen LogP contribution in [0.2, 0.25) is 0 Å². The fraction of sp³-hybridized carbons (Fsp3) is 0.423. The van der Waals surface area contributed by atoms with E-state index in [2.05, 4.69) is 17.4 Å². The lowest BCUT2D eigenvalue weighted by atomic mass is 9.94. The zero-order chi connectivity index (χ0) is 24.4. The van der Waals surface area contributed by atoms with Crippen molar-refractivity contribution in [3.8, 4) is 11.1 Å². The zero-order valence-electron chi connectivity index (χ0n) is 19.8. The van der Waals surface area contributed by atoms with Gasteiger partial charge in [-0.05, 0) is 41.5 Å². The van der Waals surface area contributed by atoms with Crippen LogP contribution < -0.4 is 5.32 Å². The quantitative estimate of drug-likeness (QED) is 0.654. The minimum atomic E-state index is -1.33. The predicted octanol–water partition coefficient (Wildman–Crippen LogP) is 4.26. The Balaban J connectivity index is 1.68. The molecule has 0 bridgehead atoms. The highest BCUT2D eigenvalue weighted by atomic mass is 16.5. The van der Waals surface area contributed by atoms with Crippen LogP contribution in [-0.4, -0.2) is 53.2 Å². The molecular formula is C26H32N2O5. The number of nitrogens with zero attached hydrogens (tertiary/aromatic N) is 1. The summed E-state index contributed by atoms with van der Waals surface area (Å²) in [5, 5.41) is 11.9. The SMILES string of the molecule is CC(C)(C)CN(CC(=O)O)C(=O)C(C)(C)NC(=O)OCC1c2ccccc2-c2ccccc21. The summed E-state index contributed by atoms with van der Waals surface area (Å²) in [6.45, 7) is 8.79. The molecule has 33 heavy (non-hydrogen) atoms. The van der Waals surface area contributed by atoms with Crippen LogP contribution in [-0.2, 0) is 14.3 Å². The van der Waals surface area contributed by atoms with Crippen molar-refractivity contribution < 1.29 is 24.2 Å². The molecule has 2 N–H and O–H groups in total. The number of aliphatic carboxylic acids is 1. The van der Waals surface area contributed by atoms with E-state index in [0.29, 0.717) is 0 Å². The number of carboxylic acid groups (broad SMARTS) is 1. The van der Waals surface area contributed by atoms with Gasteiger partial charge in [0, 0.05) is 12.5 Å². The molecule has 0 radical (unpaired) electrons. The number of ether oxygens (including phenoxy) is 1. The second-order valence-corrected chi connectivity index (χ2v) is 10.2. The fourth-order valence-corrected chi connectivity index (χ4v) is 4.27. The maximum atomic E-state index is 13.1. The molecule has 7 nitrogen and oxygen atoms in total. The Morgan fingerprint density at radius 2 is 1.45 bits per heavy atom. The Bertz CT molecular complexity index is 1010. The molecule has 7 heteroatoms. The average molecular weight is 453 g/mol. The van der Waals surface area contributed by atoms with Gasteiger partial charge in [0.2, 0.25) is 5.91 Å². The van der Waals surface area contributed by atoms with Crippen molar-refractivity contribution in [3.63, 3.8) is 0 Å². The van der Waals surface area contributed by atoms with Gasteiger partial charge in [-0.25, -0.2) is 4.79 Å². The summed E-state index contributed by atoms with van der Waals surface area (Å²) in [6, 6.07) is 16.1. The molecule has 0 saturated heterocycles. The number of hydrogen-bond donors (Lipinski definition) is 2. The van der Waals surface area contributed by atoms with Gasteiger partial charge in [0.25, 0.3) is 0 Å². The third-order valence-corrected chi connectivity index (χ3v) is 5.57. The normalized spacial score (nSPS) is 13.1. The van der Waals surface area contributed by atoms with Crippen LogP contribution in [0.3, 0.4) is 0 Å². The van der Waals surface area contributed by atoms with Crippen LogP contribution in [0.4, 0.5) is 4.79 Å². The van der Waals surface area contributed by atoms with Crippen molar-refractivity contribution in [1.82, 2.24) is 10.2 Å². The van der Waals surface area contributed by atoms with E-state index in [1.54, 1.807) is 13.8 Å². The number of alkyl carbamates (subject to hydrolysis) is 1. The average Bonchev–Trinajstić information content (AvgIpc) is 3.03. The minimum Gasteiger partial charge on any atom is -0.480 e. The first-order valence-corrected chi connectivity index (χ1v) is 11.0. The highest BCUT2D eigenvalue weighted by Crippen LogP contribution is 2.44. The topological polar surface area (TPSA) is 95.9 Å². The summed E-state index contributed by atoms with van der Waals surface area (Å²) in [5.41, 5.74) is 2.82. The van der Waals surface area contributed by atoms with E-state index in [-0.39, 0.29) is 24.5 Å². The smallest absolute Gasteiger partial charge is 0.408 e. The molecule has 0 unspecified atom stereocenters. The number of carbonyl (C=O) groups excluding carboxylic acids is 2. The van der Waals surface area contributed by atoms with Gasteiger partial charge in [0.1, 0.15) is 18.7 Å². The van der Waals surface area contributed by atoms with Crippen molar-refractivity contribution in [2.75, 3.05) is 19.7 Å². The number of hydrogen-bond acceptors (Lipinski definition) is 4. The summed E-state index contributed by atoms with van der Waals surface area (Å²) in [4.78, 5) is 38.3. The maximum absolute atomic E-state index is 13.1. The van der Waals surface area contributed by atoms with Crippen LogP contribution in [0.15, 0.2) is 48.5 Å². The van der Waals surface area contributed by atoms with Crippen molar-refractivity contribution in [3.05, 3.63) is 59.7 Å². The molecule has 2 amide bonds. The first-order chi connectivity index (χ1) is 15.4. The zero-order valence-corrected chi connectivity index (χ0v) is 19.8. The van der Waals surface area contributed by atoms with Gasteiger partial charge in [-0.3, -0.25) is 9.59 Å². The number of rotatable bonds is 7. The van der Waals surface area contributed by atoms with E-state index in [1.165, 1.54) is 4.90 Å². The van der Waals surface area contributed by atoms with Gasteiger partial charge in [-0.2, -0.15) is 0 Å². The van der Waals surface area contributed by atoms with Crippen LogP contribution in [0, 0.1) is 5.41 Å². The third-order valence-electron chi connectivity index (χ3n) is 5.57. The molecule has 0 heterocycles. The van der Waals surface area contributed by atoms with E-state index < -0.39 is 30.1 Å². The van der Waals surface area contributed by atoms with E-state index in [4.69, 9.17) is 4.74 Å². The molecule has 0 saturated carbocycles.